The molecule has 0 aliphatic heterocycles. The van der Waals surface area contributed by atoms with Gasteiger partial charge in [-0.15, -0.1) is 0 Å². The molecule has 1 N–H and O–H groups in total. The second-order valence-corrected chi connectivity index (χ2v) is 7.64. The van der Waals surface area contributed by atoms with E-state index in [1.54, 1.807) is 35.0 Å². The first-order valence-corrected chi connectivity index (χ1v) is 10.1. The first-order valence-electron chi connectivity index (χ1n) is 10.1. The maximum atomic E-state index is 13.0. The number of halogens is 3. The second kappa shape index (κ2) is 7.74. The van der Waals surface area contributed by atoms with Crippen LogP contribution in [0.1, 0.15) is 41.7 Å². The van der Waals surface area contributed by atoms with Gasteiger partial charge in [0.25, 0.3) is 5.91 Å². The van der Waals surface area contributed by atoms with Gasteiger partial charge in [0.15, 0.2) is 11.3 Å². The minimum Gasteiger partial charge on any atom is -0.349 e. The molecule has 4 aromatic rings. The van der Waals surface area contributed by atoms with Gasteiger partial charge in [-0.05, 0) is 49.9 Å². The van der Waals surface area contributed by atoms with Crippen LogP contribution in [-0.2, 0) is 6.18 Å². The van der Waals surface area contributed by atoms with Crippen molar-refractivity contribution in [1.29, 1.82) is 0 Å². The van der Waals surface area contributed by atoms with Gasteiger partial charge in [-0.1, -0.05) is 6.07 Å². The lowest BCUT2D eigenvalue weighted by Gasteiger charge is -2.24. The Labute approximate surface area is 179 Å². The van der Waals surface area contributed by atoms with E-state index < -0.39 is 11.9 Å². The summed E-state index contributed by atoms with van der Waals surface area (Å²) >= 11 is 0. The Bertz CT molecular complexity index is 1330. The van der Waals surface area contributed by atoms with Gasteiger partial charge in [0.1, 0.15) is 17.8 Å². The standard InChI is InChI=1S/C21H18F3N7O/c22-21(23,24)16-11-30-18(2-1-3-19(30)29-16)27-14-5-7-15(8-6-14)28-20(32)13-4-9-17-25-12-26-31(17)10-13/h1-4,9-12,15H,5-8H2,(H,28,32). The van der Waals surface area contributed by atoms with Gasteiger partial charge in [0.05, 0.1) is 5.56 Å². The summed E-state index contributed by atoms with van der Waals surface area (Å²) in [5.41, 5.74) is 1.30. The van der Waals surface area contributed by atoms with E-state index in [0.717, 1.165) is 11.9 Å². The van der Waals surface area contributed by atoms with Crippen LogP contribution in [0.4, 0.5) is 19.0 Å². The molecule has 0 unspecified atom stereocenters. The average Bonchev–Trinajstić information content (AvgIpc) is 3.42. The molecule has 1 amide bonds. The summed E-state index contributed by atoms with van der Waals surface area (Å²) in [6.45, 7) is 0. The Balaban J connectivity index is 1.26. The molecule has 0 aromatic carbocycles. The molecule has 5 rings (SSSR count). The third-order valence-electron chi connectivity index (χ3n) is 5.47. The maximum absolute atomic E-state index is 13.0. The lowest BCUT2D eigenvalue weighted by Crippen LogP contribution is -2.37. The summed E-state index contributed by atoms with van der Waals surface area (Å²) in [5, 5.41) is 7.07. The molecule has 0 saturated heterocycles. The van der Waals surface area contributed by atoms with Crippen molar-refractivity contribution >= 4 is 28.7 Å². The van der Waals surface area contributed by atoms with Crippen molar-refractivity contribution in [3.8, 4) is 0 Å². The van der Waals surface area contributed by atoms with Crippen molar-refractivity contribution in [3.63, 3.8) is 0 Å². The van der Waals surface area contributed by atoms with Crippen molar-refractivity contribution in [1.82, 2.24) is 29.3 Å². The molecule has 1 saturated carbocycles. The van der Waals surface area contributed by atoms with E-state index in [-0.39, 0.29) is 17.6 Å². The van der Waals surface area contributed by atoms with Crippen LogP contribution < -0.4 is 5.32 Å². The van der Waals surface area contributed by atoms with E-state index in [2.05, 4.69) is 25.4 Å². The Kier molecular flexibility index (Phi) is 4.87. The number of hydrogen-bond acceptors (Lipinski definition) is 5. The molecular weight excluding hydrogens is 423 g/mol. The van der Waals surface area contributed by atoms with E-state index in [1.807, 2.05) is 0 Å². The zero-order valence-electron chi connectivity index (χ0n) is 16.8. The largest absolute Gasteiger partial charge is 0.434 e. The number of nitrogens with one attached hydrogen (secondary N) is 1. The van der Waals surface area contributed by atoms with Crippen LogP contribution in [0.3, 0.4) is 0 Å². The quantitative estimate of drug-likeness (QED) is 0.523. The smallest absolute Gasteiger partial charge is 0.349 e. The van der Waals surface area contributed by atoms with Gasteiger partial charge in [0, 0.05) is 24.1 Å². The number of imidazole rings is 1. The zero-order chi connectivity index (χ0) is 22.3. The third-order valence-corrected chi connectivity index (χ3v) is 5.47. The molecule has 4 heterocycles. The van der Waals surface area contributed by atoms with E-state index in [0.29, 0.717) is 42.7 Å². The number of carbonyl (C=O) groups is 1. The Morgan fingerprint density at radius 2 is 1.91 bits per heavy atom. The van der Waals surface area contributed by atoms with E-state index >= 15 is 0 Å². The van der Waals surface area contributed by atoms with Crippen LogP contribution in [0.15, 0.2) is 54.0 Å². The Morgan fingerprint density at radius 3 is 2.69 bits per heavy atom. The Hall–Kier alpha value is -3.76. The molecule has 0 bridgehead atoms. The normalized spacial score (nSPS) is 17.1. The van der Waals surface area contributed by atoms with Gasteiger partial charge in [0.2, 0.25) is 0 Å². The van der Waals surface area contributed by atoms with Crippen molar-refractivity contribution in [3.05, 3.63) is 60.3 Å². The molecule has 0 spiro atoms. The number of hydrogen-bond donors (Lipinski definition) is 1. The first-order chi connectivity index (χ1) is 15.4. The summed E-state index contributed by atoms with van der Waals surface area (Å²) in [5.74, 6) is 0.222. The van der Waals surface area contributed by atoms with Crippen molar-refractivity contribution < 1.29 is 18.0 Å². The first kappa shape index (κ1) is 20.2. The number of aromatic nitrogens is 5. The van der Waals surface area contributed by atoms with Gasteiger partial charge in [-0.3, -0.25) is 9.20 Å². The monoisotopic (exact) mass is 441 g/mol. The maximum Gasteiger partial charge on any atom is 0.434 e. The second-order valence-electron chi connectivity index (χ2n) is 7.64. The predicted molar refractivity (Wildman–Crippen MR) is 110 cm³/mol. The Morgan fingerprint density at radius 1 is 1.09 bits per heavy atom. The van der Waals surface area contributed by atoms with Crippen LogP contribution in [0.2, 0.25) is 0 Å². The summed E-state index contributed by atoms with van der Waals surface area (Å²) in [6, 6.07) is 8.25. The van der Waals surface area contributed by atoms with Crippen LogP contribution in [-0.4, -0.2) is 41.6 Å². The number of pyridine rings is 2. The van der Waals surface area contributed by atoms with Crippen LogP contribution in [0, 0.1) is 0 Å². The topological polar surface area (TPSA) is 89.0 Å². The molecule has 1 fully saturated rings. The average molecular weight is 441 g/mol. The van der Waals surface area contributed by atoms with Crippen molar-refractivity contribution in [2.75, 3.05) is 0 Å². The molecule has 1 aliphatic carbocycles. The van der Waals surface area contributed by atoms with Crippen LogP contribution in [0.25, 0.3) is 11.3 Å². The summed E-state index contributed by atoms with van der Waals surface area (Å²) in [6.07, 6.45) is 2.20. The van der Waals surface area contributed by atoms with Gasteiger partial charge in [-0.25, -0.2) is 19.5 Å². The fourth-order valence-corrected chi connectivity index (χ4v) is 3.81. The number of amides is 1. The number of carbonyl (C=O) groups excluding carboxylic acids is 1. The van der Waals surface area contributed by atoms with Crippen LogP contribution in [0.5, 0.6) is 0 Å². The lowest BCUT2D eigenvalue weighted by molar-refractivity contribution is -0.140. The molecule has 164 valence electrons. The highest BCUT2D eigenvalue weighted by atomic mass is 19.4. The van der Waals surface area contributed by atoms with Crippen molar-refractivity contribution in [2.45, 2.75) is 37.9 Å². The highest BCUT2D eigenvalue weighted by Gasteiger charge is 2.34. The van der Waals surface area contributed by atoms with Crippen LogP contribution >= 0.6 is 0 Å². The van der Waals surface area contributed by atoms with E-state index in [4.69, 9.17) is 0 Å². The van der Waals surface area contributed by atoms with Crippen molar-refractivity contribution in [2.24, 2.45) is 4.99 Å². The van der Waals surface area contributed by atoms with Gasteiger partial charge < -0.3 is 5.32 Å². The molecule has 4 aromatic heterocycles. The highest BCUT2D eigenvalue weighted by Crippen LogP contribution is 2.30. The number of aliphatic imine (C=N–C) groups is 1. The summed E-state index contributed by atoms with van der Waals surface area (Å²) < 4.78 is 41.9. The molecule has 8 nitrogen and oxygen atoms in total. The fraction of sp³-hybridized carbons (Fsp3) is 0.286. The summed E-state index contributed by atoms with van der Waals surface area (Å²) in [4.78, 5) is 24.9. The number of fused-ring (bicyclic) bond motifs is 2. The van der Waals surface area contributed by atoms with Gasteiger partial charge >= 0.3 is 6.18 Å². The highest BCUT2D eigenvalue weighted by molar-refractivity contribution is 5.94. The fourth-order valence-electron chi connectivity index (χ4n) is 3.81. The lowest BCUT2D eigenvalue weighted by atomic mass is 9.93. The zero-order valence-corrected chi connectivity index (χ0v) is 16.8. The molecular formula is C21H18F3N7O. The van der Waals surface area contributed by atoms with E-state index in [1.165, 1.54) is 16.8 Å². The molecule has 0 atom stereocenters. The number of rotatable bonds is 3. The molecule has 1 aliphatic rings. The molecule has 0 radical (unpaired) electrons. The minimum absolute atomic E-state index is 0.00578. The number of alkyl halides is 3. The van der Waals surface area contributed by atoms with E-state index in [9.17, 15) is 18.0 Å². The SMILES string of the molecule is O=C(NC1CCC(=Nc2cccc3nc(C(F)(F)F)cn23)CC1)c1ccc2ncnn2c1. The summed E-state index contributed by atoms with van der Waals surface area (Å²) in [7, 11) is 0. The third kappa shape index (κ3) is 3.93. The predicted octanol–water partition coefficient (Wildman–Crippen LogP) is 3.84. The number of nitrogens with zero attached hydrogens (tertiary/aromatic N) is 6. The molecule has 11 heteroatoms. The minimum atomic E-state index is -4.51. The molecule has 32 heavy (non-hydrogen) atoms. The van der Waals surface area contributed by atoms with Gasteiger partial charge in [-0.2, -0.15) is 18.3 Å².